The van der Waals surface area contributed by atoms with Gasteiger partial charge in [0, 0.05) is 0 Å². The quantitative estimate of drug-likeness (QED) is 0.469. The van der Waals surface area contributed by atoms with Crippen molar-refractivity contribution < 1.29 is 13.2 Å². The van der Waals surface area contributed by atoms with Gasteiger partial charge < -0.3 is 5.32 Å². The second-order valence-electron chi connectivity index (χ2n) is 5.97. The minimum atomic E-state index is -1.34. The molecule has 1 fully saturated rings. The zero-order chi connectivity index (χ0) is 15.2. The van der Waals surface area contributed by atoms with Gasteiger partial charge in [0.25, 0.3) is 0 Å². The Labute approximate surface area is 124 Å². The number of rotatable bonds is 5. The van der Waals surface area contributed by atoms with Crippen molar-refractivity contribution in [1.29, 1.82) is 0 Å². The molecule has 2 rings (SSSR count). The first-order chi connectivity index (χ1) is 10.1. The zero-order valence-corrected chi connectivity index (χ0v) is 12.6. The summed E-state index contributed by atoms with van der Waals surface area (Å²) in [7, 11) is 0. The van der Waals surface area contributed by atoms with Gasteiger partial charge in [-0.25, -0.2) is 13.2 Å². The third-order valence-electron chi connectivity index (χ3n) is 4.46. The Hall–Kier alpha value is -1.03. The van der Waals surface area contributed by atoms with E-state index in [1.165, 1.54) is 6.07 Å². The minimum Gasteiger partial charge on any atom is -0.316 e. The lowest BCUT2D eigenvalue weighted by molar-refractivity contribution is 0.357. The monoisotopic (exact) mass is 299 g/mol. The van der Waals surface area contributed by atoms with Crippen LogP contribution >= 0.6 is 0 Å². The molecule has 1 aromatic rings. The van der Waals surface area contributed by atoms with Crippen molar-refractivity contribution in [3.63, 3.8) is 0 Å². The van der Waals surface area contributed by atoms with Crippen molar-refractivity contribution >= 4 is 0 Å². The highest BCUT2D eigenvalue weighted by atomic mass is 19.2. The van der Waals surface area contributed by atoms with Crippen molar-refractivity contribution in [3.05, 3.63) is 35.1 Å². The first-order valence-corrected chi connectivity index (χ1v) is 7.99. The van der Waals surface area contributed by atoms with Gasteiger partial charge in [-0.05, 0) is 55.8 Å². The highest BCUT2D eigenvalue weighted by molar-refractivity contribution is 5.25. The van der Waals surface area contributed by atoms with Gasteiger partial charge in [-0.2, -0.15) is 0 Å². The van der Waals surface area contributed by atoms with Gasteiger partial charge in [0.2, 0.25) is 0 Å². The second kappa shape index (κ2) is 7.83. The smallest absolute Gasteiger partial charge is 0.194 e. The van der Waals surface area contributed by atoms with Crippen LogP contribution in [-0.4, -0.2) is 13.1 Å². The Bertz CT molecular complexity index is 462. The Balaban J connectivity index is 2.21. The van der Waals surface area contributed by atoms with Gasteiger partial charge in [0.05, 0.1) is 0 Å². The summed E-state index contributed by atoms with van der Waals surface area (Å²) in [4.78, 5) is 0. The lowest BCUT2D eigenvalue weighted by Crippen LogP contribution is -2.28. The molecule has 1 aromatic carbocycles. The maximum Gasteiger partial charge on any atom is 0.194 e. The van der Waals surface area contributed by atoms with Gasteiger partial charge in [0.1, 0.15) is 0 Å². The molecule has 0 saturated heterocycles. The Morgan fingerprint density at radius 1 is 1.05 bits per heavy atom. The molecule has 0 bridgehead atoms. The van der Waals surface area contributed by atoms with E-state index in [2.05, 4.69) is 12.2 Å². The standard InChI is InChI=1S/C17H24F3N/c1-2-10-21-11-12-6-4-3-5-7-13(12)14-8-9-15(18)17(20)16(14)19/h8-9,12-13,21H,2-7,10-11H2,1H3. The van der Waals surface area contributed by atoms with Gasteiger partial charge in [0.15, 0.2) is 17.5 Å². The summed E-state index contributed by atoms with van der Waals surface area (Å²) in [5.41, 5.74) is 0.346. The maximum absolute atomic E-state index is 14.1. The van der Waals surface area contributed by atoms with E-state index in [9.17, 15) is 13.2 Å². The fourth-order valence-corrected chi connectivity index (χ4v) is 3.33. The molecule has 4 heteroatoms. The van der Waals surface area contributed by atoms with Crippen LogP contribution in [0.4, 0.5) is 13.2 Å². The normalized spacial score (nSPS) is 23.0. The molecular weight excluding hydrogens is 275 g/mol. The largest absolute Gasteiger partial charge is 0.316 e. The zero-order valence-electron chi connectivity index (χ0n) is 12.6. The van der Waals surface area contributed by atoms with Gasteiger partial charge in [-0.15, -0.1) is 0 Å². The molecule has 0 radical (unpaired) electrons. The van der Waals surface area contributed by atoms with Gasteiger partial charge >= 0.3 is 0 Å². The third-order valence-corrected chi connectivity index (χ3v) is 4.46. The van der Waals surface area contributed by atoms with Crippen molar-refractivity contribution in [3.8, 4) is 0 Å². The molecule has 0 amide bonds. The number of halogens is 3. The molecule has 1 nitrogen and oxygen atoms in total. The van der Waals surface area contributed by atoms with Crippen molar-refractivity contribution in [2.24, 2.45) is 5.92 Å². The molecule has 0 heterocycles. The van der Waals surface area contributed by atoms with Gasteiger partial charge in [-0.3, -0.25) is 0 Å². The molecule has 1 saturated carbocycles. The third kappa shape index (κ3) is 4.00. The highest BCUT2D eigenvalue weighted by Crippen LogP contribution is 2.38. The van der Waals surface area contributed by atoms with Gasteiger partial charge in [-0.1, -0.05) is 32.3 Å². The molecule has 1 aliphatic rings. The summed E-state index contributed by atoms with van der Waals surface area (Å²) in [5.74, 6) is -3.17. The maximum atomic E-state index is 14.1. The molecule has 0 aliphatic heterocycles. The van der Waals surface area contributed by atoms with E-state index in [1.807, 2.05) is 0 Å². The van der Waals surface area contributed by atoms with Crippen molar-refractivity contribution in [2.45, 2.75) is 51.4 Å². The van der Waals surface area contributed by atoms with Crippen molar-refractivity contribution in [2.75, 3.05) is 13.1 Å². The molecule has 1 N–H and O–H groups in total. The van der Waals surface area contributed by atoms with E-state index in [0.717, 1.165) is 57.7 Å². The second-order valence-corrected chi connectivity index (χ2v) is 5.97. The summed E-state index contributed by atoms with van der Waals surface area (Å²) in [6, 6.07) is 2.48. The lowest BCUT2D eigenvalue weighted by atomic mass is 9.82. The number of hydrogen-bond acceptors (Lipinski definition) is 1. The molecule has 0 spiro atoms. The Morgan fingerprint density at radius 2 is 1.81 bits per heavy atom. The molecule has 0 aromatic heterocycles. The summed E-state index contributed by atoms with van der Waals surface area (Å²) in [6.07, 6.45) is 6.19. The summed E-state index contributed by atoms with van der Waals surface area (Å²) >= 11 is 0. The molecule has 2 atom stereocenters. The van der Waals surface area contributed by atoms with Crippen molar-refractivity contribution in [1.82, 2.24) is 5.32 Å². The molecule has 21 heavy (non-hydrogen) atoms. The van der Waals surface area contributed by atoms with Crippen LogP contribution in [0.15, 0.2) is 12.1 Å². The van der Waals surface area contributed by atoms with Crippen LogP contribution in [0.25, 0.3) is 0 Å². The van der Waals surface area contributed by atoms with Crippen LogP contribution in [0.5, 0.6) is 0 Å². The molecule has 118 valence electrons. The first kappa shape index (κ1) is 16.3. The minimum absolute atomic E-state index is 0.0213. The highest BCUT2D eigenvalue weighted by Gasteiger charge is 2.28. The van der Waals surface area contributed by atoms with E-state index in [0.29, 0.717) is 11.5 Å². The fourth-order valence-electron chi connectivity index (χ4n) is 3.33. The predicted octanol–water partition coefficient (Wildman–Crippen LogP) is 4.77. The lowest BCUT2D eigenvalue weighted by Gasteiger charge is -2.26. The summed E-state index contributed by atoms with van der Waals surface area (Å²) in [5, 5.41) is 3.39. The van der Waals surface area contributed by atoms with E-state index < -0.39 is 17.5 Å². The van der Waals surface area contributed by atoms with Crippen LogP contribution in [0, 0.1) is 23.4 Å². The molecule has 1 aliphatic carbocycles. The summed E-state index contributed by atoms with van der Waals surface area (Å²) < 4.78 is 40.7. The topological polar surface area (TPSA) is 12.0 Å². The predicted molar refractivity (Wildman–Crippen MR) is 78.8 cm³/mol. The number of nitrogens with one attached hydrogen (secondary N) is 1. The van der Waals surface area contributed by atoms with Crippen LogP contribution in [-0.2, 0) is 0 Å². The molecular formula is C17H24F3N. The van der Waals surface area contributed by atoms with E-state index in [1.54, 1.807) is 0 Å². The number of benzene rings is 1. The first-order valence-electron chi connectivity index (χ1n) is 7.99. The van der Waals surface area contributed by atoms with E-state index >= 15 is 0 Å². The average Bonchev–Trinajstić information content (AvgIpc) is 2.71. The van der Waals surface area contributed by atoms with Crippen LogP contribution in [0.2, 0.25) is 0 Å². The SMILES string of the molecule is CCCNCC1CCCCCC1c1ccc(F)c(F)c1F. The van der Waals surface area contributed by atoms with Crippen LogP contribution < -0.4 is 5.32 Å². The summed E-state index contributed by atoms with van der Waals surface area (Å²) in [6.45, 7) is 3.85. The Morgan fingerprint density at radius 3 is 2.57 bits per heavy atom. The van der Waals surface area contributed by atoms with Crippen LogP contribution in [0.3, 0.4) is 0 Å². The molecule has 2 unspecified atom stereocenters. The number of hydrogen-bond donors (Lipinski definition) is 1. The van der Waals surface area contributed by atoms with Crippen LogP contribution in [0.1, 0.15) is 56.9 Å². The van der Waals surface area contributed by atoms with E-state index in [4.69, 9.17) is 0 Å². The van der Waals surface area contributed by atoms with E-state index in [-0.39, 0.29) is 5.92 Å². The Kier molecular flexibility index (Phi) is 6.09. The fraction of sp³-hybridized carbons (Fsp3) is 0.647. The average molecular weight is 299 g/mol.